The molecule has 1 atom stereocenters. The van der Waals surface area contributed by atoms with Crippen molar-refractivity contribution in [3.63, 3.8) is 0 Å². The molecule has 0 aliphatic heterocycles. The molecule has 0 unspecified atom stereocenters. The Morgan fingerprint density at radius 2 is 2.10 bits per heavy atom. The third kappa shape index (κ3) is 6.29. The van der Waals surface area contributed by atoms with Crippen LogP contribution in [0.15, 0.2) is 24.4 Å². The summed E-state index contributed by atoms with van der Waals surface area (Å²) in [5, 5.41) is 2.63. The monoisotopic (exact) mass is 279 g/mol. The Morgan fingerprint density at radius 1 is 1.40 bits per heavy atom. The van der Waals surface area contributed by atoms with E-state index in [1.54, 1.807) is 39.1 Å². The number of carbonyl (C=O) groups is 2. The second-order valence-corrected chi connectivity index (χ2v) is 5.44. The summed E-state index contributed by atoms with van der Waals surface area (Å²) in [7, 11) is 0. The molecule has 3 N–H and O–H groups in total. The summed E-state index contributed by atoms with van der Waals surface area (Å²) < 4.78 is 5.11. The molecule has 0 aliphatic carbocycles. The number of pyridine rings is 1. The largest absolute Gasteiger partial charge is 0.460 e. The van der Waals surface area contributed by atoms with E-state index in [1.165, 1.54) is 0 Å². The second-order valence-electron chi connectivity index (χ2n) is 5.44. The predicted molar refractivity (Wildman–Crippen MR) is 74.5 cm³/mol. The van der Waals surface area contributed by atoms with E-state index in [0.29, 0.717) is 0 Å². The number of hydrogen-bond donors (Lipinski definition) is 2. The van der Waals surface area contributed by atoms with Crippen LogP contribution in [-0.4, -0.2) is 28.5 Å². The van der Waals surface area contributed by atoms with Gasteiger partial charge in [0.15, 0.2) is 0 Å². The highest BCUT2D eigenvalue weighted by Crippen LogP contribution is 2.08. The minimum atomic E-state index is -0.923. The van der Waals surface area contributed by atoms with Gasteiger partial charge in [0.25, 0.3) is 0 Å². The van der Waals surface area contributed by atoms with E-state index in [9.17, 15) is 9.59 Å². The Labute approximate surface area is 118 Å². The predicted octanol–water partition coefficient (Wildman–Crippen LogP) is 0.757. The zero-order valence-corrected chi connectivity index (χ0v) is 12.1. The van der Waals surface area contributed by atoms with Crippen molar-refractivity contribution in [1.82, 2.24) is 10.3 Å². The molecule has 1 aromatic heterocycles. The summed E-state index contributed by atoms with van der Waals surface area (Å²) in [6.45, 7) is 5.56. The maximum Gasteiger partial charge on any atom is 0.308 e. The van der Waals surface area contributed by atoms with Crippen LogP contribution in [0.1, 0.15) is 32.9 Å². The summed E-state index contributed by atoms with van der Waals surface area (Å²) in [4.78, 5) is 27.4. The van der Waals surface area contributed by atoms with Crippen LogP contribution in [0.25, 0.3) is 0 Å². The Balaban J connectivity index is 2.38. The van der Waals surface area contributed by atoms with E-state index in [0.717, 1.165) is 5.69 Å². The lowest BCUT2D eigenvalue weighted by molar-refractivity contribution is -0.156. The van der Waals surface area contributed by atoms with E-state index < -0.39 is 23.5 Å². The van der Waals surface area contributed by atoms with Crippen LogP contribution in [0.3, 0.4) is 0 Å². The lowest BCUT2D eigenvalue weighted by Crippen LogP contribution is -2.42. The number of aromatic nitrogens is 1. The first-order valence-corrected chi connectivity index (χ1v) is 6.43. The molecule has 0 bridgehead atoms. The quantitative estimate of drug-likeness (QED) is 0.776. The molecule has 0 spiro atoms. The van der Waals surface area contributed by atoms with Crippen LogP contribution in [0.2, 0.25) is 0 Å². The fraction of sp³-hybridized carbons (Fsp3) is 0.500. The van der Waals surface area contributed by atoms with Crippen LogP contribution >= 0.6 is 0 Å². The van der Waals surface area contributed by atoms with E-state index in [-0.39, 0.29) is 13.0 Å². The van der Waals surface area contributed by atoms with Gasteiger partial charge in [0, 0.05) is 6.20 Å². The van der Waals surface area contributed by atoms with Crippen molar-refractivity contribution in [3.05, 3.63) is 30.1 Å². The minimum absolute atomic E-state index is 0.147. The van der Waals surface area contributed by atoms with Gasteiger partial charge in [-0.2, -0.15) is 0 Å². The van der Waals surface area contributed by atoms with Crippen LogP contribution in [-0.2, 0) is 20.9 Å². The van der Waals surface area contributed by atoms with E-state index >= 15 is 0 Å². The molecule has 0 saturated heterocycles. The molecule has 1 heterocycles. The number of ether oxygens (including phenoxy) is 1. The summed E-state index contributed by atoms with van der Waals surface area (Å²) in [6, 6.07) is 4.49. The Morgan fingerprint density at radius 3 is 2.65 bits per heavy atom. The number of hydrogen-bond acceptors (Lipinski definition) is 5. The van der Waals surface area contributed by atoms with Gasteiger partial charge in [0.05, 0.1) is 24.7 Å². The molecular formula is C14H21N3O3. The average molecular weight is 279 g/mol. The van der Waals surface area contributed by atoms with Gasteiger partial charge >= 0.3 is 5.97 Å². The van der Waals surface area contributed by atoms with E-state index in [2.05, 4.69) is 10.3 Å². The second kappa shape index (κ2) is 7.00. The maximum atomic E-state index is 11.7. The average Bonchev–Trinajstić information content (AvgIpc) is 2.34. The SMILES string of the molecule is CC(C)(C)OC(=O)C[C@H](N)C(=O)NCc1ccccn1. The highest BCUT2D eigenvalue weighted by Gasteiger charge is 2.22. The van der Waals surface area contributed by atoms with Crippen LogP contribution in [0, 0.1) is 0 Å². The molecule has 1 aromatic rings. The topological polar surface area (TPSA) is 94.3 Å². The number of nitrogens with one attached hydrogen (secondary N) is 1. The van der Waals surface area contributed by atoms with Crippen LogP contribution < -0.4 is 11.1 Å². The van der Waals surface area contributed by atoms with Gasteiger partial charge in [-0.05, 0) is 32.9 Å². The van der Waals surface area contributed by atoms with Gasteiger partial charge < -0.3 is 15.8 Å². The molecule has 6 heteroatoms. The number of nitrogens with zero attached hydrogens (tertiary/aromatic N) is 1. The van der Waals surface area contributed by atoms with Crippen molar-refractivity contribution >= 4 is 11.9 Å². The highest BCUT2D eigenvalue weighted by molar-refractivity contribution is 5.86. The molecule has 0 aliphatic rings. The summed E-state index contributed by atoms with van der Waals surface area (Å²) >= 11 is 0. The fourth-order valence-corrected chi connectivity index (χ4v) is 1.47. The standard InChI is InChI=1S/C14H21N3O3/c1-14(2,3)20-12(18)8-11(15)13(19)17-9-10-6-4-5-7-16-10/h4-7,11H,8-9,15H2,1-3H3,(H,17,19)/t11-/m0/s1. The van der Waals surface area contributed by atoms with Crippen molar-refractivity contribution in [1.29, 1.82) is 0 Å². The number of amides is 1. The van der Waals surface area contributed by atoms with Crippen molar-refractivity contribution in [2.75, 3.05) is 0 Å². The molecule has 0 fully saturated rings. The number of nitrogens with two attached hydrogens (primary N) is 1. The van der Waals surface area contributed by atoms with Crippen molar-refractivity contribution in [2.45, 2.75) is 45.4 Å². The molecule has 110 valence electrons. The molecule has 1 rings (SSSR count). The van der Waals surface area contributed by atoms with E-state index in [4.69, 9.17) is 10.5 Å². The number of rotatable bonds is 5. The summed E-state index contributed by atoms with van der Waals surface area (Å²) in [5.41, 5.74) is 5.81. The lowest BCUT2D eigenvalue weighted by Gasteiger charge is -2.20. The van der Waals surface area contributed by atoms with Gasteiger partial charge in [-0.1, -0.05) is 6.07 Å². The molecule has 6 nitrogen and oxygen atoms in total. The molecular weight excluding hydrogens is 258 g/mol. The lowest BCUT2D eigenvalue weighted by atomic mass is 10.1. The van der Waals surface area contributed by atoms with Crippen LogP contribution in [0.5, 0.6) is 0 Å². The first kappa shape index (κ1) is 16.1. The summed E-state index contributed by atoms with van der Waals surface area (Å²) in [5.74, 6) is -0.889. The third-order valence-corrected chi connectivity index (χ3v) is 2.31. The number of esters is 1. The molecule has 0 aromatic carbocycles. The van der Waals surface area contributed by atoms with Crippen molar-refractivity contribution in [2.24, 2.45) is 5.73 Å². The zero-order valence-electron chi connectivity index (χ0n) is 12.1. The molecule has 20 heavy (non-hydrogen) atoms. The first-order chi connectivity index (χ1) is 9.28. The van der Waals surface area contributed by atoms with Gasteiger partial charge in [-0.3, -0.25) is 14.6 Å². The van der Waals surface area contributed by atoms with Crippen molar-refractivity contribution in [3.8, 4) is 0 Å². The van der Waals surface area contributed by atoms with Crippen LogP contribution in [0.4, 0.5) is 0 Å². The third-order valence-electron chi connectivity index (χ3n) is 2.31. The van der Waals surface area contributed by atoms with Gasteiger partial charge in [-0.15, -0.1) is 0 Å². The zero-order chi connectivity index (χ0) is 15.2. The number of carbonyl (C=O) groups excluding carboxylic acids is 2. The first-order valence-electron chi connectivity index (χ1n) is 6.43. The normalized spacial score (nSPS) is 12.6. The van der Waals surface area contributed by atoms with Crippen molar-refractivity contribution < 1.29 is 14.3 Å². The molecule has 1 amide bonds. The Hall–Kier alpha value is -1.95. The molecule has 0 saturated carbocycles. The fourth-order valence-electron chi connectivity index (χ4n) is 1.47. The maximum absolute atomic E-state index is 11.7. The summed E-state index contributed by atoms with van der Waals surface area (Å²) in [6.07, 6.45) is 1.49. The van der Waals surface area contributed by atoms with Gasteiger partial charge in [0.1, 0.15) is 5.60 Å². The minimum Gasteiger partial charge on any atom is -0.460 e. The van der Waals surface area contributed by atoms with Gasteiger partial charge in [0.2, 0.25) is 5.91 Å². The Bertz CT molecular complexity index is 454. The Kier molecular flexibility index (Phi) is 5.64. The molecule has 0 radical (unpaired) electrons. The smallest absolute Gasteiger partial charge is 0.308 e. The van der Waals surface area contributed by atoms with E-state index in [1.807, 2.05) is 6.07 Å². The van der Waals surface area contributed by atoms with Gasteiger partial charge in [-0.25, -0.2) is 0 Å². The highest BCUT2D eigenvalue weighted by atomic mass is 16.6.